The van der Waals surface area contributed by atoms with Gasteiger partial charge < -0.3 is 30.2 Å². The van der Waals surface area contributed by atoms with Crippen LogP contribution in [0.25, 0.3) is 10.9 Å². The average molecular weight is 2070 g/mol. The van der Waals surface area contributed by atoms with Crippen molar-refractivity contribution in [3.05, 3.63) is 291 Å². The number of pyridine rings is 1. The molecule has 0 spiro atoms. The molecule has 710 valence electrons. The lowest BCUT2D eigenvalue weighted by molar-refractivity contribution is -0.117. The minimum atomic E-state index is -0.784. The number of carbonyl (C=O) groups is 8. The maximum atomic E-state index is 13.2. The Balaban J connectivity index is 0.000000194. The van der Waals surface area contributed by atoms with E-state index < -0.39 is 29.6 Å². The highest BCUT2D eigenvalue weighted by molar-refractivity contribution is 7.18. The fraction of sp³-hybridized carbons (Fsp3) is 0.222. The maximum Gasteiger partial charge on any atom is 0.412 e. The van der Waals surface area contributed by atoms with Gasteiger partial charge in [-0.2, -0.15) is 4.39 Å². The number of halogens is 5. The van der Waals surface area contributed by atoms with Crippen LogP contribution in [0.4, 0.5) is 50.8 Å². The first-order valence-electron chi connectivity index (χ1n) is 40.6. The molecule has 5 aromatic carbocycles. The molecule has 0 aliphatic carbocycles. The smallest absolute Gasteiger partial charge is 0.412 e. The van der Waals surface area contributed by atoms with Crippen LogP contribution < -0.4 is 72.2 Å². The van der Waals surface area contributed by atoms with Crippen LogP contribution in [-0.2, 0) is 22.4 Å². The van der Waals surface area contributed by atoms with Gasteiger partial charge >= 0.3 is 6.09 Å². The molecular weight excluding hydrogens is 1970 g/mol. The summed E-state index contributed by atoms with van der Waals surface area (Å²) in [6.07, 6.45) is 14.9. The Hall–Kier alpha value is -12.0. The van der Waals surface area contributed by atoms with Gasteiger partial charge in [-0.05, 0) is 201 Å². The molecule has 10 aromatic heterocycles. The number of fused-ring (bicyclic) bond motifs is 1. The van der Waals surface area contributed by atoms with E-state index in [2.05, 4.69) is 102 Å². The lowest BCUT2D eigenvalue weighted by Gasteiger charge is -2.20. The molecule has 135 heavy (non-hydrogen) atoms. The number of aryl methyl sites for hydroxylation is 8. The molecule has 0 bridgehead atoms. The summed E-state index contributed by atoms with van der Waals surface area (Å²) in [7, 11) is 0. The molecule has 0 aliphatic rings. The topological polar surface area (TPSA) is 442 Å². The van der Waals surface area contributed by atoms with E-state index >= 15 is 0 Å². The van der Waals surface area contributed by atoms with Gasteiger partial charge in [-0.15, -0.1) is 103 Å². The quantitative estimate of drug-likeness (QED) is 0.0118. The molecule has 45 heteroatoms. The minimum Gasteiger partial charge on any atom is -0.491 e. The van der Waals surface area contributed by atoms with Crippen LogP contribution >= 0.6 is 138 Å². The van der Waals surface area contributed by atoms with Gasteiger partial charge in [-0.3, -0.25) is 70.8 Å². The number of nitrogens with one attached hydrogen (secondary N) is 12. The third-order valence-electron chi connectivity index (χ3n) is 17.0. The van der Waals surface area contributed by atoms with Crippen molar-refractivity contribution in [3.63, 3.8) is 0 Å². The summed E-state index contributed by atoms with van der Waals surface area (Å²) < 4.78 is 29.3. The number of ether oxygens (including phenoxy) is 3. The van der Waals surface area contributed by atoms with E-state index in [0.29, 0.717) is 120 Å². The van der Waals surface area contributed by atoms with Crippen LogP contribution in [0.3, 0.4) is 0 Å². The second-order valence-electron chi connectivity index (χ2n) is 28.9. The summed E-state index contributed by atoms with van der Waals surface area (Å²) >= 11 is 27.4. The van der Waals surface area contributed by atoms with Crippen molar-refractivity contribution in [2.45, 2.75) is 100 Å². The fourth-order valence-electron chi connectivity index (χ4n) is 11.0. The number of nitrogens with zero attached hydrogens (tertiary/aromatic N) is 8. The highest BCUT2D eigenvalue weighted by Gasteiger charge is 2.23. The average Bonchev–Trinajstić information content (AvgIpc) is 1.65. The standard InChI is InChI=1S/C16H19N3O3S.C14H16ClN3OS.C13H14ClN3O2S.C13H11N3OS.C13H15N3OS.C11H12ClN3O2S2.C10H8FN3OS.ClH/c1-10-9-17-14(23-10)19-13(20)11-7-5-6-8-12(11)18-15(21)22-16(2,3)4;1-10-9-16-14(20-10)18-13(19)12-7-3-2-5-11(12)6-4-8-17-15;1-9-8-15-13(20-9)17-12(18)10-4-2-3-5-11(10)19-7-6-16-14;1-8-7-14-13(18-8)16-12(17)11-6-9-4-2-3-5-10(9)15-11;1-9-8-15-13(18-9)16-12(17)11(14)7-10-5-3-2-4-6-10;1-7-6-13-11(19-7)15-10(16)9-8(2-5-18-9)17-4-3-14-12;1-6-5-13-10(16-6)14-9(15)7-3-2-4-12-8(7)11;/h5-9H,1-4H3,(H,18,21)(H,17,19,20);2-3,5,7,9,17H,4,6,8H2,1H3,(H,16,18,19);2-5,8,16H,6-7H2,1H3,(H,15,17,18);2-7,15H,1H3,(H,14,16,17);2-6,8,11H,7,14H2,1H3,(H,15,16,17);2,5-6,14H,3-4H2,1H3,(H,13,15,16);2-5H,1H3,(H,13,14,15);1H/t;;;;11-;;;/m....0.../s1. The first kappa shape index (κ1) is 108. The molecule has 10 heterocycles. The second-order valence-corrected chi connectivity index (χ2v) is 39.3. The molecular formula is C90H96Cl4FN21O11S8. The second kappa shape index (κ2) is 56.4. The van der Waals surface area contributed by atoms with Crippen molar-refractivity contribution in [1.82, 2.24) is 59.4 Å². The highest BCUT2D eigenvalue weighted by atomic mass is 35.5. The van der Waals surface area contributed by atoms with Crippen molar-refractivity contribution >= 4 is 238 Å². The van der Waals surface area contributed by atoms with E-state index in [1.165, 1.54) is 109 Å². The number of H-pyrrole nitrogens is 1. The third-order valence-corrected chi connectivity index (χ3v) is 24.2. The number of thiophene rings is 1. The number of amides is 8. The Morgan fingerprint density at radius 1 is 0.437 bits per heavy atom. The molecule has 0 saturated heterocycles. The number of benzene rings is 5. The number of nitrogens with two attached hydrogens (primary N) is 1. The Labute approximate surface area is 831 Å². The van der Waals surface area contributed by atoms with E-state index in [1.807, 2.05) is 145 Å². The molecule has 1 atom stereocenters. The van der Waals surface area contributed by atoms with Crippen molar-refractivity contribution < 1.29 is 57.0 Å². The van der Waals surface area contributed by atoms with Crippen molar-refractivity contribution in [1.29, 1.82) is 0 Å². The molecule has 0 fully saturated rings. The largest absolute Gasteiger partial charge is 0.491 e. The number of anilines is 8. The molecule has 14 N–H and O–H groups in total. The molecule has 15 aromatic rings. The summed E-state index contributed by atoms with van der Waals surface area (Å²) in [5.74, 6) is -1.53. The van der Waals surface area contributed by atoms with Crippen LogP contribution in [0, 0.1) is 54.4 Å². The van der Waals surface area contributed by atoms with E-state index in [-0.39, 0.29) is 53.4 Å². The Morgan fingerprint density at radius 2 is 0.844 bits per heavy atom. The van der Waals surface area contributed by atoms with Crippen molar-refractivity contribution in [2.75, 3.05) is 75.4 Å². The van der Waals surface area contributed by atoms with Gasteiger partial charge in [-0.25, -0.2) is 59.2 Å². The Kier molecular flexibility index (Phi) is 45.2. The number of carbonyl (C=O) groups excluding carboxylic acids is 8. The Morgan fingerprint density at radius 3 is 1.33 bits per heavy atom. The van der Waals surface area contributed by atoms with Gasteiger partial charge in [0.1, 0.15) is 40.9 Å². The summed E-state index contributed by atoms with van der Waals surface area (Å²) in [6, 6.07) is 44.8. The van der Waals surface area contributed by atoms with Gasteiger partial charge in [0.05, 0.1) is 28.4 Å². The maximum absolute atomic E-state index is 13.2. The van der Waals surface area contributed by atoms with Gasteiger partial charge in [0.25, 0.3) is 35.4 Å². The minimum absolute atomic E-state index is 0. The van der Waals surface area contributed by atoms with Gasteiger partial charge in [0.2, 0.25) is 11.9 Å². The number of thiazole rings is 7. The lowest BCUT2D eigenvalue weighted by Crippen LogP contribution is -2.37. The predicted octanol–water partition coefficient (Wildman–Crippen LogP) is 20.9. The zero-order chi connectivity index (χ0) is 96.5. The van der Waals surface area contributed by atoms with E-state index in [4.69, 9.17) is 55.3 Å². The number of para-hydroxylation sites is 3. The van der Waals surface area contributed by atoms with E-state index in [1.54, 1.807) is 113 Å². The van der Waals surface area contributed by atoms with Crippen molar-refractivity contribution in [3.8, 4) is 11.5 Å². The lowest BCUT2D eigenvalue weighted by atomic mass is 10.0. The van der Waals surface area contributed by atoms with Crippen molar-refractivity contribution in [2.24, 2.45) is 5.73 Å². The summed E-state index contributed by atoms with van der Waals surface area (Å²) in [5, 5.41) is 28.5. The number of hydrogen-bond donors (Lipinski definition) is 13. The molecule has 0 unspecified atom stereocenters. The molecule has 0 aliphatic heterocycles. The number of rotatable bonds is 29. The number of aromatic amines is 1. The van der Waals surface area contributed by atoms with Crippen LogP contribution in [0.5, 0.6) is 11.5 Å². The zero-order valence-corrected chi connectivity index (χ0v) is 83.8. The summed E-state index contributed by atoms with van der Waals surface area (Å²) in [5.41, 5.74) is 10.6. The van der Waals surface area contributed by atoms with Gasteiger partial charge in [0.15, 0.2) is 35.9 Å². The van der Waals surface area contributed by atoms with Gasteiger partial charge in [-0.1, -0.05) is 91.0 Å². The monoisotopic (exact) mass is 2060 g/mol. The summed E-state index contributed by atoms with van der Waals surface area (Å²) in [6.45, 7) is 21.3. The number of aromatic nitrogens is 9. The van der Waals surface area contributed by atoms with Crippen LogP contribution in [0.15, 0.2) is 207 Å². The van der Waals surface area contributed by atoms with Crippen LogP contribution in [-0.4, -0.2) is 137 Å². The normalized spacial score (nSPS) is 10.7. The zero-order valence-electron chi connectivity index (χ0n) is 74.2. The first-order valence-corrected chi connectivity index (χ1v) is 48.4. The molecule has 0 saturated carbocycles. The third kappa shape index (κ3) is 37.6. The molecule has 32 nitrogen and oxygen atoms in total. The highest BCUT2D eigenvalue weighted by Crippen LogP contribution is 2.30. The molecule has 0 radical (unpaired) electrons. The first-order chi connectivity index (χ1) is 64.4. The van der Waals surface area contributed by atoms with E-state index in [0.717, 1.165) is 69.0 Å². The Bertz CT molecular complexity index is 6180. The van der Waals surface area contributed by atoms with Crippen LogP contribution in [0.1, 0.15) is 134 Å². The fourth-order valence-corrected chi connectivity index (χ4v) is 16.7. The number of hydrogen-bond acceptors (Lipinski definition) is 31. The predicted molar refractivity (Wildman–Crippen MR) is 547 cm³/mol. The van der Waals surface area contributed by atoms with Crippen LogP contribution in [0.2, 0.25) is 0 Å². The van der Waals surface area contributed by atoms with Gasteiger partial charge in [0, 0.05) is 120 Å². The summed E-state index contributed by atoms with van der Waals surface area (Å²) in [4.78, 5) is 147. The SMILES string of the molecule is Cc1cnc(NC(=O)[C@@H](N)Cc2ccccc2)s1.Cc1cnc(NC(=O)c2cc3ccccc3[nH]2)s1.Cc1cnc(NC(=O)c2ccccc2CCCNCl)s1.Cc1cnc(NC(=O)c2ccccc2NC(=O)OC(C)(C)C)s1.Cc1cnc(NC(=O)c2ccccc2OCCNCl)s1.Cc1cnc(NC(=O)c2cccnc2F)s1.Cc1cnc(NC(=O)c2sccc2OCCNCl)s1.Cl. The molecule has 8 amide bonds. The molecule has 15 rings (SSSR count). The van der Waals surface area contributed by atoms with E-state index in [9.17, 15) is 42.7 Å².